The fourth-order valence-corrected chi connectivity index (χ4v) is 2.61. The summed E-state index contributed by atoms with van der Waals surface area (Å²) in [6.45, 7) is 0.809. The van der Waals surface area contributed by atoms with E-state index in [-0.39, 0.29) is 21.8 Å². The van der Waals surface area contributed by atoms with Crippen LogP contribution in [0.4, 0.5) is 15.9 Å². The van der Waals surface area contributed by atoms with Crippen LogP contribution in [0.1, 0.15) is 5.69 Å². The highest BCUT2D eigenvalue weighted by Crippen LogP contribution is 2.21. The summed E-state index contributed by atoms with van der Waals surface area (Å²) in [6.07, 6.45) is 3.31. The van der Waals surface area contributed by atoms with Gasteiger partial charge in [0.25, 0.3) is 0 Å². The number of oxime groups is 1. The zero-order valence-electron chi connectivity index (χ0n) is 13.6. The average molecular weight is 438 g/mol. The fourth-order valence-electron chi connectivity index (χ4n) is 2.23. The molecule has 2 heterocycles. The molecule has 0 unspecified atom stereocenters. The van der Waals surface area contributed by atoms with Crippen LogP contribution < -0.4 is 16.0 Å². The molecule has 10 nitrogen and oxygen atoms in total. The molecule has 0 saturated heterocycles. The van der Waals surface area contributed by atoms with Crippen LogP contribution in [0.5, 0.6) is 0 Å². The summed E-state index contributed by atoms with van der Waals surface area (Å²) in [5.41, 5.74) is 0.582. The van der Waals surface area contributed by atoms with Gasteiger partial charge in [-0.05, 0) is 44.4 Å². The van der Waals surface area contributed by atoms with Crippen molar-refractivity contribution >= 4 is 39.2 Å². The third-order valence-electron chi connectivity index (χ3n) is 3.50. The third kappa shape index (κ3) is 4.25. The van der Waals surface area contributed by atoms with Crippen molar-refractivity contribution in [2.24, 2.45) is 5.16 Å². The number of nitrogens with one attached hydrogen (secondary N) is 3. The van der Waals surface area contributed by atoms with Gasteiger partial charge < -0.3 is 26.1 Å². The van der Waals surface area contributed by atoms with E-state index in [1.807, 2.05) is 0 Å². The lowest BCUT2D eigenvalue weighted by Crippen LogP contribution is -2.26. The quantitative estimate of drug-likeness (QED) is 0.175. The summed E-state index contributed by atoms with van der Waals surface area (Å²) in [5, 5.41) is 28.4. The third-order valence-corrected chi connectivity index (χ3v) is 4.11. The zero-order valence-corrected chi connectivity index (χ0v) is 15.2. The summed E-state index contributed by atoms with van der Waals surface area (Å²) in [7, 11) is 0. The Morgan fingerprint density at radius 2 is 2.33 bits per heavy atom. The van der Waals surface area contributed by atoms with E-state index < -0.39 is 5.82 Å². The van der Waals surface area contributed by atoms with E-state index in [4.69, 9.17) is 4.63 Å². The molecule has 2 aromatic rings. The second-order valence-corrected chi connectivity index (χ2v) is 6.05. The number of hydrogen-bond donors (Lipinski definition) is 4. The second-order valence-electron chi connectivity index (χ2n) is 5.19. The number of halogens is 2. The Bertz CT molecular complexity index is 939. The van der Waals surface area contributed by atoms with Crippen molar-refractivity contribution in [3.05, 3.63) is 52.4 Å². The SMILES string of the molecule is O=C=C1NC=CN1CCNc1nonc1C(=NO)Nc1ccc(F)c(Br)c1. The zero-order chi connectivity index (χ0) is 19.2. The Labute approximate surface area is 160 Å². The molecule has 27 heavy (non-hydrogen) atoms. The molecule has 0 spiro atoms. The van der Waals surface area contributed by atoms with Gasteiger partial charge in [0.1, 0.15) is 5.82 Å². The minimum absolute atomic E-state index is 0.0477. The molecule has 1 aliphatic heterocycles. The topological polar surface area (TPSA) is 128 Å². The first-order valence-electron chi connectivity index (χ1n) is 7.58. The maximum Gasteiger partial charge on any atom is 0.203 e. The van der Waals surface area contributed by atoms with E-state index in [2.05, 4.69) is 47.3 Å². The van der Waals surface area contributed by atoms with Gasteiger partial charge in [0.05, 0.1) is 4.47 Å². The van der Waals surface area contributed by atoms with Crippen LogP contribution in [-0.4, -0.2) is 45.3 Å². The number of nitrogens with zero attached hydrogens (tertiary/aromatic N) is 4. The Balaban J connectivity index is 1.66. The first-order valence-corrected chi connectivity index (χ1v) is 8.37. The number of anilines is 2. The maximum absolute atomic E-state index is 13.3. The van der Waals surface area contributed by atoms with Gasteiger partial charge in [-0.25, -0.2) is 13.8 Å². The molecule has 12 heteroatoms. The van der Waals surface area contributed by atoms with Gasteiger partial charge in [0.15, 0.2) is 17.5 Å². The van der Waals surface area contributed by atoms with Crippen LogP contribution in [0, 0.1) is 5.82 Å². The fraction of sp³-hybridized carbons (Fsp3) is 0.133. The molecule has 1 aromatic carbocycles. The van der Waals surface area contributed by atoms with Crippen LogP contribution in [0.25, 0.3) is 0 Å². The standard InChI is InChI=1S/C15H13BrFN7O3/c16-10-7-9(1-2-11(10)17)20-15(21-26)13-14(23-27-22-13)19-4-6-24-5-3-18-12(24)8-25/h1-3,5,7,18,26H,4,6H2,(H,19,23)(H,20,21). The first-order chi connectivity index (χ1) is 13.1. The molecular weight excluding hydrogens is 425 g/mol. The van der Waals surface area contributed by atoms with E-state index >= 15 is 0 Å². The van der Waals surface area contributed by atoms with Gasteiger partial charge in [0.2, 0.25) is 11.7 Å². The molecular formula is C15H13BrFN7O3. The van der Waals surface area contributed by atoms with Gasteiger partial charge in [-0.15, -0.1) is 0 Å². The molecule has 1 aromatic heterocycles. The summed E-state index contributed by atoms with van der Waals surface area (Å²) >= 11 is 3.08. The predicted molar refractivity (Wildman–Crippen MR) is 97.0 cm³/mol. The smallest absolute Gasteiger partial charge is 0.203 e. The monoisotopic (exact) mass is 437 g/mol. The number of carbonyl (C=O) groups excluding carboxylic acids is 1. The van der Waals surface area contributed by atoms with E-state index in [0.717, 1.165) is 0 Å². The largest absolute Gasteiger partial charge is 0.409 e. The Kier molecular flexibility index (Phi) is 5.69. The summed E-state index contributed by atoms with van der Waals surface area (Å²) < 4.78 is 18.3. The summed E-state index contributed by atoms with van der Waals surface area (Å²) in [6, 6.07) is 4.18. The van der Waals surface area contributed by atoms with Crippen LogP contribution in [0.2, 0.25) is 0 Å². The molecule has 0 radical (unpaired) electrons. The highest BCUT2D eigenvalue weighted by Gasteiger charge is 2.19. The second kappa shape index (κ2) is 8.34. The van der Waals surface area contributed by atoms with Crippen molar-refractivity contribution in [3.8, 4) is 0 Å². The maximum atomic E-state index is 13.3. The predicted octanol–water partition coefficient (Wildman–Crippen LogP) is 1.68. The molecule has 0 aliphatic carbocycles. The van der Waals surface area contributed by atoms with Crippen LogP contribution >= 0.6 is 15.9 Å². The van der Waals surface area contributed by atoms with Crippen molar-refractivity contribution in [1.29, 1.82) is 0 Å². The Morgan fingerprint density at radius 3 is 3.07 bits per heavy atom. The molecule has 0 atom stereocenters. The molecule has 0 fully saturated rings. The minimum Gasteiger partial charge on any atom is -0.409 e. The van der Waals surface area contributed by atoms with Crippen molar-refractivity contribution in [2.45, 2.75) is 0 Å². The molecule has 0 bridgehead atoms. The molecule has 0 amide bonds. The lowest BCUT2D eigenvalue weighted by atomic mass is 10.3. The van der Waals surface area contributed by atoms with Gasteiger partial charge in [-0.2, -0.15) is 0 Å². The van der Waals surface area contributed by atoms with Crippen molar-refractivity contribution < 1.29 is 19.0 Å². The molecule has 0 saturated carbocycles. The molecule has 1 aliphatic rings. The van der Waals surface area contributed by atoms with Crippen molar-refractivity contribution in [1.82, 2.24) is 20.5 Å². The summed E-state index contributed by atoms with van der Waals surface area (Å²) in [5.74, 6) is 1.84. The number of amidine groups is 1. The van der Waals surface area contributed by atoms with Gasteiger partial charge in [0, 0.05) is 31.2 Å². The normalized spacial score (nSPS) is 13.5. The molecule has 140 valence electrons. The lowest BCUT2D eigenvalue weighted by Gasteiger charge is -2.15. The van der Waals surface area contributed by atoms with E-state index in [1.54, 1.807) is 23.2 Å². The van der Waals surface area contributed by atoms with Crippen molar-refractivity contribution in [3.63, 3.8) is 0 Å². The lowest BCUT2D eigenvalue weighted by molar-refractivity contribution is 0.305. The van der Waals surface area contributed by atoms with Crippen molar-refractivity contribution in [2.75, 3.05) is 23.7 Å². The van der Waals surface area contributed by atoms with Gasteiger partial charge in [-0.1, -0.05) is 5.16 Å². The highest BCUT2D eigenvalue weighted by molar-refractivity contribution is 9.10. The number of benzene rings is 1. The Hall–Kier alpha value is -3.37. The molecule has 3 rings (SSSR count). The van der Waals surface area contributed by atoms with Crippen LogP contribution in [0.15, 0.2) is 50.7 Å². The van der Waals surface area contributed by atoms with E-state index in [9.17, 15) is 14.4 Å². The van der Waals surface area contributed by atoms with Crippen LogP contribution in [0.3, 0.4) is 0 Å². The van der Waals surface area contributed by atoms with Crippen LogP contribution in [-0.2, 0) is 4.79 Å². The van der Waals surface area contributed by atoms with E-state index in [1.165, 1.54) is 18.2 Å². The Morgan fingerprint density at radius 1 is 1.48 bits per heavy atom. The first kappa shape index (κ1) is 18.4. The highest BCUT2D eigenvalue weighted by atomic mass is 79.9. The van der Waals surface area contributed by atoms with Gasteiger partial charge >= 0.3 is 0 Å². The number of hydrogen-bond acceptors (Lipinski definition) is 9. The number of aromatic nitrogens is 2. The minimum atomic E-state index is -0.428. The van der Waals surface area contributed by atoms with Gasteiger partial charge in [-0.3, -0.25) is 0 Å². The molecule has 4 N–H and O–H groups in total. The summed E-state index contributed by atoms with van der Waals surface area (Å²) in [4.78, 5) is 12.4. The number of rotatable bonds is 6. The average Bonchev–Trinajstić information content (AvgIpc) is 3.32. The van der Waals surface area contributed by atoms with E-state index in [0.29, 0.717) is 24.6 Å².